The van der Waals surface area contributed by atoms with Gasteiger partial charge in [0.25, 0.3) is 0 Å². The van der Waals surface area contributed by atoms with Gasteiger partial charge >= 0.3 is 0 Å². The molecule has 112 valence electrons. The Morgan fingerprint density at radius 3 is 2.57 bits per heavy atom. The van der Waals surface area contributed by atoms with Crippen LogP contribution in [0.2, 0.25) is 0 Å². The lowest BCUT2D eigenvalue weighted by Gasteiger charge is -2.14. The number of halogens is 2. The van der Waals surface area contributed by atoms with Crippen LogP contribution < -0.4 is 5.32 Å². The highest BCUT2D eigenvalue weighted by atomic mass is 19.1. The van der Waals surface area contributed by atoms with Crippen LogP contribution in [0.5, 0.6) is 0 Å². The van der Waals surface area contributed by atoms with Gasteiger partial charge in [0.2, 0.25) is 0 Å². The third-order valence-electron chi connectivity index (χ3n) is 3.19. The molecule has 0 radical (unpaired) electrons. The first kappa shape index (κ1) is 15.4. The van der Waals surface area contributed by atoms with Crippen molar-refractivity contribution >= 4 is 5.82 Å². The summed E-state index contributed by atoms with van der Waals surface area (Å²) in [5.74, 6) is 0.349. The maximum Gasteiger partial charge on any atom is 0.133 e. The molecule has 0 amide bonds. The fraction of sp³-hybridized carbons (Fsp3) is 0.375. The van der Waals surface area contributed by atoms with Crippen molar-refractivity contribution in [3.63, 3.8) is 0 Å². The van der Waals surface area contributed by atoms with Crippen molar-refractivity contribution in [2.45, 2.75) is 33.6 Å². The number of hydrogen-bond acceptors (Lipinski definition) is 3. The zero-order valence-corrected chi connectivity index (χ0v) is 12.5. The molecule has 0 saturated carbocycles. The SMILES string of the molecule is CCCc1nc(NCC)c(C)c(-c2cc(F)ccc2F)n1. The van der Waals surface area contributed by atoms with E-state index in [1.165, 1.54) is 6.07 Å². The predicted molar refractivity (Wildman–Crippen MR) is 80.3 cm³/mol. The van der Waals surface area contributed by atoms with Crippen molar-refractivity contribution < 1.29 is 8.78 Å². The van der Waals surface area contributed by atoms with E-state index < -0.39 is 11.6 Å². The lowest BCUT2D eigenvalue weighted by atomic mass is 10.1. The van der Waals surface area contributed by atoms with Crippen LogP contribution in [0.3, 0.4) is 0 Å². The standard InChI is InChI=1S/C16H19F2N3/c1-4-6-14-20-15(10(3)16(21-14)19-5-2)12-9-11(17)7-8-13(12)18/h7-9H,4-6H2,1-3H3,(H,19,20,21). The molecular weight excluding hydrogens is 272 g/mol. The van der Waals surface area contributed by atoms with Crippen LogP contribution in [-0.2, 0) is 6.42 Å². The number of nitrogens with one attached hydrogen (secondary N) is 1. The summed E-state index contributed by atoms with van der Waals surface area (Å²) in [5.41, 5.74) is 1.34. The fourth-order valence-corrected chi connectivity index (χ4v) is 2.18. The van der Waals surface area contributed by atoms with Gasteiger partial charge in [0, 0.05) is 24.1 Å². The molecule has 0 aliphatic rings. The van der Waals surface area contributed by atoms with E-state index in [-0.39, 0.29) is 5.56 Å². The van der Waals surface area contributed by atoms with Gasteiger partial charge in [-0.3, -0.25) is 0 Å². The Morgan fingerprint density at radius 2 is 1.90 bits per heavy atom. The van der Waals surface area contributed by atoms with Gasteiger partial charge < -0.3 is 5.32 Å². The first-order valence-corrected chi connectivity index (χ1v) is 7.13. The molecule has 0 bridgehead atoms. The predicted octanol–water partition coefficient (Wildman–Crippen LogP) is 4.11. The van der Waals surface area contributed by atoms with Gasteiger partial charge in [-0.25, -0.2) is 18.7 Å². The Kier molecular flexibility index (Phi) is 4.83. The highest BCUT2D eigenvalue weighted by Crippen LogP contribution is 2.28. The number of nitrogens with zero attached hydrogens (tertiary/aromatic N) is 2. The molecule has 0 saturated heterocycles. The van der Waals surface area contributed by atoms with E-state index in [9.17, 15) is 8.78 Å². The lowest BCUT2D eigenvalue weighted by Crippen LogP contribution is -2.08. The second kappa shape index (κ2) is 6.61. The van der Waals surface area contributed by atoms with Crippen LogP contribution in [0, 0.1) is 18.6 Å². The number of aryl methyl sites for hydroxylation is 1. The van der Waals surface area contributed by atoms with Crippen LogP contribution in [0.15, 0.2) is 18.2 Å². The van der Waals surface area contributed by atoms with Crippen molar-refractivity contribution in [3.05, 3.63) is 41.2 Å². The molecule has 1 heterocycles. The van der Waals surface area contributed by atoms with Crippen molar-refractivity contribution in [1.29, 1.82) is 0 Å². The Morgan fingerprint density at radius 1 is 1.14 bits per heavy atom. The quantitative estimate of drug-likeness (QED) is 0.900. The summed E-state index contributed by atoms with van der Waals surface area (Å²) >= 11 is 0. The van der Waals surface area contributed by atoms with E-state index in [4.69, 9.17) is 0 Å². The molecule has 3 nitrogen and oxygen atoms in total. The summed E-state index contributed by atoms with van der Waals surface area (Å²) in [6.07, 6.45) is 1.59. The molecule has 0 atom stereocenters. The summed E-state index contributed by atoms with van der Waals surface area (Å²) in [5, 5.41) is 3.15. The topological polar surface area (TPSA) is 37.8 Å². The van der Waals surface area contributed by atoms with Crippen molar-refractivity contribution in [2.24, 2.45) is 0 Å². The molecule has 0 aliphatic carbocycles. The van der Waals surface area contributed by atoms with Crippen LogP contribution in [0.25, 0.3) is 11.3 Å². The minimum Gasteiger partial charge on any atom is -0.370 e. The molecule has 0 fully saturated rings. The Labute approximate surface area is 123 Å². The highest BCUT2D eigenvalue weighted by molar-refractivity contribution is 5.68. The van der Waals surface area contributed by atoms with Crippen molar-refractivity contribution in [2.75, 3.05) is 11.9 Å². The van der Waals surface area contributed by atoms with Crippen LogP contribution in [-0.4, -0.2) is 16.5 Å². The lowest BCUT2D eigenvalue weighted by molar-refractivity contribution is 0.602. The van der Waals surface area contributed by atoms with Gasteiger partial charge in [0.15, 0.2) is 0 Å². The molecule has 21 heavy (non-hydrogen) atoms. The molecule has 5 heteroatoms. The van der Waals surface area contributed by atoms with Crippen molar-refractivity contribution in [1.82, 2.24) is 9.97 Å². The smallest absolute Gasteiger partial charge is 0.133 e. The van der Waals surface area contributed by atoms with E-state index in [2.05, 4.69) is 15.3 Å². The van der Waals surface area contributed by atoms with Crippen LogP contribution >= 0.6 is 0 Å². The molecular formula is C16H19F2N3. The average molecular weight is 291 g/mol. The largest absolute Gasteiger partial charge is 0.370 e. The Hall–Kier alpha value is -2.04. The van der Waals surface area contributed by atoms with Gasteiger partial charge in [0.1, 0.15) is 23.3 Å². The number of benzene rings is 1. The normalized spacial score (nSPS) is 10.7. The number of hydrogen-bond donors (Lipinski definition) is 1. The van der Waals surface area contributed by atoms with Gasteiger partial charge in [-0.15, -0.1) is 0 Å². The second-order valence-corrected chi connectivity index (χ2v) is 4.87. The molecule has 2 aromatic rings. The molecule has 1 N–H and O–H groups in total. The number of aromatic nitrogens is 2. The third-order valence-corrected chi connectivity index (χ3v) is 3.19. The summed E-state index contributed by atoms with van der Waals surface area (Å²) in [6.45, 7) is 6.50. The second-order valence-electron chi connectivity index (χ2n) is 4.87. The summed E-state index contributed by atoms with van der Waals surface area (Å²) in [6, 6.07) is 3.41. The van der Waals surface area contributed by atoms with Crippen LogP contribution in [0.1, 0.15) is 31.7 Å². The first-order chi connectivity index (χ1) is 10.1. The van der Waals surface area contributed by atoms with Gasteiger partial charge in [-0.1, -0.05) is 6.92 Å². The fourth-order valence-electron chi connectivity index (χ4n) is 2.18. The van der Waals surface area contributed by atoms with E-state index >= 15 is 0 Å². The zero-order valence-electron chi connectivity index (χ0n) is 12.5. The molecule has 1 aromatic carbocycles. The maximum atomic E-state index is 14.0. The van der Waals surface area contributed by atoms with Gasteiger partial charge in [-0.05, 0) is 38.5 Å². The molecule has 0 unspecified atom stereocenters. The number of rotatable bonds is 5. The van der Waals surface area contributed by atoms with E-state index in [1.807, 2.05) is 20.8 Å². The number of anilines is 1. The van der Waals surface area contributed by atoms with E-state index in [1.54, 1.807) is 0 Å². The minimum atomic E-state index is -0.483. The van der Waals surface area contributed by atoms with Crippen molar-refractivity contribution in [3.8, 4) is 11.3 Å². The van der Waals surface area contributed by atoms with Gasteiger partial charge in [0.05, 0.1) is 5.69 Å². The summed E-state index contributed by atoms with van der Waals surface area (Å²) < 4.78 is 27.5. The molecule has 2 rings (SSSR count). The first-order valence-electron chi connectivity index (χ1n) is 7.13. The Bertz CT molecular complexity index is 642. The highest BCUT2D eigenvalue weighted by Gasteiger charge is 2.16. The van der Waals surface area contributed by atoms with Crippen LogP contribution in [0.4, 0.5) is 14.6 Å². The zero-order chi connectivity index (χ0) is 15.4. The molecule has 0 aliphatic heterocycles. The minimum absolute atomic E-state index is 0.173. The molecule has 0 spiro atoms. The average Bonchev–Trinajstić information content (AvgIpc) is 2.45. The van der Waals surface area contributed by atoms with E-state index in [0.29, 0.717) is 30.3 Å². The summed E-state index contributed by atoms with van der Waals surface area (Å²) in [4.78, 5) is 8.87. The Balaban J connectivity index is 2.62. The van der Waals surface area contributed by atoms with E-state index in [0.717, 1.165) is 24.1 Å². The molecule has 1 aromatic heterocycles. The maximum absolute atomic E-state index is 14.0. The monoisotopic (exact) mass is 291 g/mol. The van der Waals surface area contributed by atoms with Gasteiger partial charge in [-0.2, -0.15) is 0 Å². The third kappa shape index (κ3) is 3.35. The summed E-state index contributed by atoms with van der Waals surface area (Å²) in [7, 11) is 0.